The minimum absolute atomic E-state index is 0.0415. The van der Waals surface area contributed by atoms with Gasteiger partial charge < -0.3 is 24.5 Å². The van der Waals surface area contributed by atoms with Gasteiger partial charge in [0.15, 0.2) is 11.5 Å². The highest BCUT2D eigenvalue weighted by Crippen LogP contribution is 2.31. The van der Waals surface area contributed by atoms with E-state index in [1.807, 2.05) is 36.4 Å². The number of hydrogen-bond acceptors (Lipinski definition) is 5. The molecular weight excluding hydrogens is 370 g/mol. The van der Waals surface area contributed by atoms with Crippen LogP contribution in [0.4, 0.5) is 5.69 Å². The van der Waals surface area contributed by atoms with Crippen LogP contribution in [-0.4, -0.2) is 35.7 Å². The fraction of sp³-hybridized carbons (Fsp3) is 0.364. The average molecular weight is 393 g/mol. The molecule has 1 amide bonds. The van der Waals surface area contributed by atoms with Crippen molar-refractivity contribution in [2.75, 3.05) is 25.1 Å². The van der Waals surface area contributed by atoms with Gasteiger partial charge in [-0.1, -0.05) is 6.07 Å². The van der Waals surface area contributed by atoms with Gasteiger partial charge in [0, 0.05) is 18.7 Å². The Labute approximate surface area is 168 Å². The van der Waals surface area contributed by atoms with Gasteiger partial charge >= 0.3 is 0 Å². The second kappa shape index (κ2) is 7.75. The van der Waals surface area contributed by atoms with Crippen molar-refractivity contribution in [2.45, 2.75) is 31.8 Å². The van der Waals surface area contributed by atoms with Gasteiger partial charge in [-0.15, -0.1) is 0 Å². The predicted octanol–water partition coefficient (Wildman–Crippen LogP) is 3.76. The summed E-state index contributed by atoms with van der Waals surface area (Å²) in [6.07, 6.45) is 3.20. The van der Waals surface area contributed by atoms with Crippen LogP contribution >= 0.6 is 0 Å². The number of nitrogens with one attached hydrogen (secondary N) is 2. The Balaban J connectivity index is 1.27. The Bertz CT molecular complexity index is 1040. The van der Waals surface area contributed by atoms with Crippen LogP contribution in [0, 0.1) is 0 Å². The van der Waals surface area contributed by atoms with Gasteiger partial charge in [0.05, 0.1) is 30.7 Å². The Hall–Kier alpha value is -3.06. The van der Waals surface area contributed by atoms with E-state index in [4.69, 9.17) is 14.2 Å². The third kappa shape index (κ3) is 3.91. The Morgan fingerprint density at radius 2 is 1.97 bits per heavy atom. The maximum atomic E-state index is 12.5. The number of anilines is 1. The number of hydrogen-bond donors (Lipinski definition) is 2. The van der Waals surface area contributed by atoms with E-state index in [0.717, 1.165) is 59.7 Å². The lowest BCUT2D eigenvalue weighted by Crippen LogP contribution is -2.14. The molecule has 5 rings (SSSR count). The summed E-state index contributed by atoms with van der Waals surface area (Å²) in [6, 6.07) is 11.3. The second-order valence-corrected chi connectivity index (χ2v) is 7.41. The molecule has 7 heteroatoms. The quantitative estimate of drug-likeness (QED) is 0.705. The summed E-state index contributed by atoms with van der Waals surface area (Å²) in [5.41, 5.74) is 3.38. The maximum absolute atomic E-state index is 12.5. The summed E-state index contributed by atoms with van der Waals surface area (Å²) in [7, 11) is 0. The number of rotatable bonds is 4. The first-order valence-electron chi connectivity index (χ1n) is 10.0. The van der Waals surface area contributed by atoms with Gasteiger partial charge in [-0.3, -0.25) is 4.79 Å². The molecule has 1 saturated heterocycles. The van der Waals surface area contributed by atoms with Crippen molar-refractivity contribution in [2.24, 2.45) is 0 Å². The van der Waals surface area contributed by atoms with E-state index in [0.29, 0.717) is 19.0 Å². The summed E-state index contributed by atoms with van der Waals surface area (Å²) in [6.45, 7) is 2.06. The number of nitrogens with zero attached hydrogens (tertiary/aromatic N) is 1. The zero-order chi connectivity index (χ0) is 19.6. The number of fused-ring (bicyclic) bond motifs is 2. The molecule has 29 heavy (non-hydrogen) atoms. The zero-order valence-electron chi connectivity index (χ0n) is 16.1. The van der Waals surface area contributed by atoms with Crippen molar-refractivity contribution < 1.29 is 19.0 Å². The number of ether oxygens (including phenoxy) is 3. The smallest absolute Gasteiger partial charge is 0.228 e. The zero-order valence-corrected chi connectivity index (χ0v) is 16.1. The summed E-state index contributed by atoms with van der Waals surface area (Å²) < 4.78 is 17.0. The van der Waals surface area contributed by atoms with Crippen LogP contribution in [0.5, 0.6) is 11.5 Å². The Morgan fingerprint density at radius 1 is 1.07 bits per heavy atom. The highest BCUT2D eigenvalue weighted by molar-refractivity contribution is 5.94. The first-order chi connectivity index (χ1) is 14.2. The molecule has 0 aliphatic carbocycles. The topological polar surface area (TPSA) is 85.5 Å². The van der Waals surface area contributed by atoms with Gasteiger partial charge in [0.25, 0.3) is 0 Å². The molecule has 3 aromatic rings. The number of aromatic amines is 1. The van der Waals surface area contributed by atoms with Crippen molar-refractivity contribution in [1.82, 2.24) is 9.97 Å². The van der Waals surface area contributed by atoms with Crippen molar-refractivity contribution in [3.05, 3.63) is 47.8 Å². The van der Waals surface area contributed by atoms with Crippen molar-refractivity contribution in [3.8, 4) is 11.5 Å². The predicted molar refractivity (Wildman–Crippen MR) is 108 cm³/mol. The molecule has 1 atom stereocenters. The van der Waals surface area contributed by atoms with E-state index in [2.05, 4.69) is 15.3 Å². The second-order valence-electron chi connectivity index (χ2n) is 7.41. The van der Waals surface area contributed by atoms with Crippen LogP contribution in [0.2, 0.25) is 0 Å². The van der Waals surface area contributed by atoms with Crippen LogP contribution in [-0.2, 0) is 16.0 Å². The molecule has 7 nitrogen and oxygen atoms in total. The summed E-state index contributed by atoms with van der Waals surface area (Å²) >= 11 is 0. The van der Waals surface area contributed by atoms with Crippen LogP contribution in [0.15, 0.2) is 36.4 Å². The minimum Gasteiger partial charge on any atom is -0.490 e. The van der Waals surface area contributed by atoms with Crippen molar-refractivity contribution in [1.29, 1.82) is 0 Å². The van der Waals surface area contributed by atoms with E-state index in [1.54, 1.807) is 0 Å². The van der Waals surface area contributed by atoms with E-state index in [9.17, 15) is 4.79 Å². The minimum atomic E-state index is -0.0855. The van der Waals surface area contributed by atoms with Crippen LogP contribution in [0.1, 0.15) is 36.8 Å². The van der Waals surface area contributed by atoms with Crippen molar-refractivity contribution in [3.63, 3.8) is 0 Å². The number of carbonyl (C=O) groups excluding carboxylic acids is 1. The van der Waals surface area contributed by atoms with Gasteiger partial charge in [0.1, 0.15) is 11.9 Å². The Morgan fingerprint density at radius 3 is 2.83 bits per heavy atom. The largest absolute Gasteiger partial charge is 0.490 e. The molecule has 1 fully saturated rings. The highest BCUT2D eigenvalue weighted by Gasteiger charge is 2.21. The third-order valence-electron chi connectivity index (χ3n) is 5.20. The fourth-order valence-electron chi connectivity index (χ4n) is 3.76. The molecular formula is C22H23N3O4. The summed E-state index contributed by atoms with van der Waals surface area (Å²) in [5, 5.41) is 2.96. The molecule has 0 bridgehead atoms. The molecule has 2 aromatic carbocycles. The van der Waals surface area contributed by atoms with Crippen molar-refractivity contribution >= 4 is 22.6 Å². The monoisotopic (exact) mass is 393 g/mol. The normalized spacial score (nSPS) is 18.6. The molecule has 150 valence electrons. The standard InChI is InChI=1S/C22H23N3O4/c26-21(12-14-4-7-18-20(11-14)29-10-2-9-27-18)23-15-5-6-16-17(13-15)25-22(24-16)19-3-1-8-28-19/h4-7,11,13,19H,1-3,8-10,12H2,(H,23,26)(H,24,25)/t19-/m1/s1. The number of imidazole rings is 1. The van der Waals surface area contributed by atoms with E-state index < -0.39 is 0 Å². The molecule has 1 aromatic heterocycles. The van der Waals surface area contributed by atoms with Gasteiger partial charge in [-0.05, 0) is 48.7 Å². The molecule has 2 N–H and O–H groups in total. The lowest BCUT2D eigenvalue weighted by atomic mass is 10.1. The first kappa shape index (κ1) is 18.0. The highest BCUT2D eigenvalue weighted by atomic mass is 16.5. The van der Waals surface area contributed by atoms with Gasteiger partial charge in [-0.25, -0.2) is 4.98 Å². The molecule has 0 saturated carbocycles. The van der Waals surface area contributed by atoms with Gasteiger partial charge in [-0.2, -0.15) is 0 Å². The lowest BCUT2D eigenvalue weighted by molar-refractivity contribution is -0.115. The molecule has 2 aliphatic rings. The van der Waals surface area contributed by atoms with E-state index >= 15 is 0 Å². The van der Waals surface area contributed by atoms with Gasteiger partial charge in [0.2, 0.25) is 5.91 Å². The maximum Gasteiger partial charge on any atom is 0.228 e. The van der Waals surface area contributed by atoms with Crippen LogP contribution in [0.25, 0.3) is 11.0 Å². The summed E-state index contributed by atoms with van der Waals surface area (Å²) in [4.78, 5) is 20.5. The average Bonchev–Trinajstić information content (AvgIpc) is 3.33. The Kier molecular flexibility index (Phi) is 4.81. The first-order valence-corrected chi connectivity index (χ1v) is 10.0. The number of benzene rings is 2. The van der Waals surface area contributed by atoms with E-state index in [-0.39, 0.29) is 18.4 Å². The van der Waals surface area contributed by atoms with E-state index in [1.165, 1.54) is 0 Å². The molecule has 0 radical (unpaired) electrons. The molecule has 2 aliphatic heterocycles. The number of H-pyrrole nitrogens is 1. The number of aromatic nitrogens is 2. The van der Waals surface area contributed by atoms with Crippen LogP contribution < -0.4 is 14.8 Å². The molecule has 0 spiro atoms. The number of amides is 1. The lowest BCUT2D eigenvalue weighted by Gasteiger charge is -2.10. The molecule has 3 heterocycles. The third-order valence-corrected chi connectivity index (χ3v) is 5.20. The molecule has 0 unspecified atom stereocenters. The van der Waals surface area contributed by atoms with Crippen LogP contribution in [0.3, 0.4) is 0 Å². The summed E-state index contributed by atoms with van der Waals surface area (Å²) in [5.74, 6) is 2.21. The SMILES string of the molecule is O=C(Cc1ccc2c(c1)OCCCO2)Nc1ccc2nc([C@H]3CCCO3)[nH]c2c1. The number of carbonyl (C=O) groups is 1. The fourth-order valence-corrected chi connectivity index (χ4v) is 3.76.